The van der Waals surface area contributed by atoms with E-state index in [9.17, 15) is 4.79 Å². The molecule has 1 aromatic rings. The summed E-state index contributed by atoms with van der Waals surface area (Å²) in [6.45, 7) is 2.26. The van der Waals surface area contributed by atoms with Crippen LogP contribution in [0.5, 0.6) is 0 Å². The molecule has 6 heteroatoms. The Balaban J connectivity index is 2.04. The van der Waals surface area contributed by atoms with Crippen molar-refractivity contribution in [3.05, 3.63) is 16.6 Å². The molecule has 1 atom stereocenters. The number of likely N-dealkylation sites (N-methyl/N-ethyl adjacent to an activating group) is 1. The fraction of sp³-hybridized carbons (Fsp3) is 0.600. The van der Waals surface area contributed by atoms with Gasteiger partial charge in [0.2, 0.25) is 5.91 Å². The second-order valence-electron chi connectivity index (χ2n) is 3.60. The molecule has 1 N–H and O–H groups in total. The zero-order chi connectivity index (χ0) is 11.4. The van der Waals surface area contributed by atoms with E-state index in [2.05, 4.69) is 10.3 Å². The highest BCUT2D eigenvalue weighted by atomic mass is 32.1. The molecule has 1 aromatic heterocycles. The molecule has 1 aliphatic rings. The summed E-state index contributed by atoms with van der Waals surface area (Å²) in [5, 5.41) is 5.85. The van der Waals surface area contributed by atoms with E-state index in [1.54, 1.807) is 29.5 Å². The number of hydrogen-bond acceptors (Lipinski definition) is 5. The largest absolute Gasteiger partial charge is 0.377 e. The lowest BCUT2D eigenvalue weighted by Crippen LogP contribution is -2.45. The van der Waals surface area contributed by atoms with Crippen LogP contribution in [0.4, 0.5) is 0 Å². The van der Waals surface area contributed by atoms with Crippen molar-refractivity contribution in [2.45, 2.75) is 12.6 Å². The highest BCUT2D eigenvalue weighted by Crippen LogP contribution is 2.11. The molecular formula is C10H15N3O2S. The van der Waals surface area contributed by atoms with Gasteiger partial charge in [0.05, 0.1) is 19.8 Å². The third-order valence-electron chi connectivity index (χ3n) is 2.56. The smallest absolute Gasteiger partial charge is 0.242 e. The molecule has 2 heterocycles. The summed E-state index contributed by atoms with van der Waals surface area (Å²) in [5.74, 6) is 0.0928. The average Bonchev–Trinajstić information content (AvgIpc) is 2.73. The van der Waals surface area contributed by atoms with E-state index >= 15 is 0 Å². The number of nitrogens with one attached hydrogen (secondary N) is 1. The predicted molar refractivity (Wildman–Crippen MR) is 61.2 cm³/mol. The minimum Gasteiger partial charge on any atom is -0.377 e. The second-order valence-corrected chi connectivity index (χ2v) is 4.58. The molecule has 1 aliphatic heterocycles. The van der Waals surface area contributed by atoms with Gasteiger partial charge in [0.25, 0.3) is 0 Å². The molecule has 1 saturated heterocycles. The van der Waals surface area contributed by atoms with Gasteiger partial charge in [-0.2, -0.15) is 0 Å². The Kier molecular flexibility index (Phi) is 3.87. The number of aromatic nitrogens is 1. The molecular weight excluding hydrogens is 226 g/mol. The summed E-state index contributed by atoms with van der Waals surface area (Å²) < 4.78 is 5.38. The Morgan fingerprint density at radius 1 is 1.75 bits per heavy atom. The summed E-state index contributed by atoms with van der Waals surface area (Å²) in [4.78, 5) is 18.1. The van der Waals surface area contributed by atoms with Crippen molar-refractivity contribution in [2.24, 2.45) is 0 Å². The van der Waals surface area contributed by atoms with Crippen molar-refractivity contribution in [1.29, 1.82) is 0 Å². The summed E-state index contributed by atoms with van der Waals surface area (Å²) in [5.41, 5.74) is 0. The van der Waals surface area contributed by atoms with Gasteiger partial charge in [0.1, 0.15) is 11.0 Å². The van der Waals surface area contributed by atoms with Crippen molar-refractivity contribution in [1.82, 2.24) is 15.2 Å². The molecule has 1 amide bonds. The topological polar surface area (TPSA) is 54.5 Å². The SMILES string of the molecule is CNC1COCCN(Cc2nccs2)C1=O. The number of nitrogens with zero attached hydrogens (tertiary/aromatic N) is 2. The van der Waals surface area contributed by atoms with Crippen LogP contribution in [0.25, 0.3) is 0 Å². The molecule has 0 aromatic carbocycles. The Morgan fingerprint density at radius 2 is 2.62 bits per heavy atom. The standard InChI is InChI=1S/C10H15N3O2S/c1-11-8-7-15-4-3-13(10(8)14)6-9-12-2-5-16-9/h2,5,8,11H,3-4,6-7H2,1H3. The summed E-state index contributed by atoms with van der Waals surface area (Å²) in [7, 11) is 1.78. The van der Waals surface area contributed by atoms with E-state index in [0.29, 0.717) is 26.3 Å². The molecule has 1 fully saturated rings. The van der Waals surface area contributed by atoms with Crippen molar-refractivity contribution in [3.8, 4) is 0 Å². The van der Waals surface area contributed by atoms with E-state index in [-0.39, 0.29) is 11.9 Å². The monoisotopic (exact) mass is 241 g/mol. The molecule has 1 unspecified atom stereocenters. The minimum absolute atomic E-state index is 0.0928. The Morgan fingerprint density at radius 3 is 3.31 bits per heavy atom. The van der Waals surface area contributed by atoms with Gasteiger partial charge in [-0.05, 0) is 7.05 Å². The summed E-state index contributed by atoms with van der Waals surface area (Å²) in [6.07, 6.45) is 1.76. The third kappa shape index (κ3) is 2.58. The van der Waals surface area contributed by atoms with Gasteiger partial charge >= 0.3 is 0 Å². The lowest BCUT2D eigenvalue weighted by Gasteiger charge is -2.21. The van der Waals surface area contributed by atoms with Gasteiger partial charge in [-0.1, -0.05) is 0 Å². The van der Waals surface area contributed by atoms with Crippen molar-refractivity contribution >= 4 is 17.2 Å². The fourth-order valence-electron chi connectivity index (χ4n) is 1.64. The molecule has 0 bridgehead atoms. The van der Waals surface area contributed by atoms with Crippen LogP contribution in [0.2, 0.25) is 0 Å². The fourth-order valence-corrected chi connectivity index (χ4v) is 2.27. The lowest BCUT2D eigenvalue weighted by atomic mass is 10.3. The molecule has 88 valence electrons. The van der Waals surface area contributed by atoms with Crippen molar-refractivity contribution < 1.29 is 9.53 Å². The van der Waals surface area contributed by atoms with Crippen molar-refractivity contribution in [3.63, 3.8) is 0 Å². The molecule has 2 rings (SSSR count). The van der Waals surface area contributed by atoms with Gasteiger partial charge < -0.3 is 15.0 Å². The number of ether oxygens (including phenoxy) is 1. The normalized spacial score (nSPS) is 22.2. The highest BCUT2D eigenvalue weighted by Gasteiger charge is 2.26. The van der Waals surface area contributed by atoms with Crippen LogP contribution in [0.15, 0.2) is 11.6 Å². The number of amides is 1. The zero-order valence-corrected chi connectivity index (χ0v) is 10.00. The first-order chi connectivity index (χ1) is 7.81. The quantitative estimate of drug-likeness (QED) is 0.815. The first kappa shape index (κ1) is 11.5. The van der Waals surface area contributed by atoms with Gasteiger partial charge in [0.15, 0.2) is 0 Å². The van der Waals surface area contributed by atoms with Crippen LogP contribution < -0.4 is 5.32 Å². The number of thiazole rings is 1. The van der Waals surface area contributed by atoms with E-state index in [4.69, 9.17) is 4.74 Å². The maximum Gasteiger partial charge on any atom is 0.242 e. The summed E-state index contributed by atoms with van der Waals surface area (Å²) in [6, 6.07) is -0.234. The number of rotatable bonds is 3. The van der Waals surface area contributed by atoms with E-state index in [1.165, 1.54) is 0 Å². The lowest BCUT2D eigenvalue weighted by molar-refractivity contribution is -0.133. The Bertz CT molecular complexity index is 342. The number of carbonyl (C=O) groups excluding carboxylic acids is 1. The van der Waals surface area contributed by atoms with Gasteiger partial charge in [-0.25, -0.2) is 4.98 Å². The van der Waals surface area contributed by atoms with Gasteiger partial charge in [-0.15, -0.1) is 11.3 Å². The molecule has 0 spiro atoms. The van der Waals surface area contributed by atoms with Crippen LogP contribution in [-0.2, 0) is 16.1 Å². The number of carbonyl (C=O) groups is 1. The van der Waals surface area contributed by atoms with E-state index in [0.717, 1.165) is 5.01 Å². The first-order valence-electron chi connectivity index (χ1n) is 5.23. The predicted octanol–water partition coefficient (Wildman–Crippen LogP) is 0.0899. The van der Waals surface area contributed by atoms with Crippen LogP contribution >= 0.6 is 11.3 Å². The number of hydrogen-bond donors (Lipinski definition) is 1. The van der Waals surface area contributed by atoms with Gasteiger partial charge in [0, 0.05) is 18.1 Å². The first-order valence-corrected chi connectivity index (χ1v) is 6.11. The average molecular weight is 241 g/mol. The van der Waals surface area contributed by atoms with Gasteiger partial charge in [-0.3, -0.25) is 4.79 Å². The molecule has 0 aliphatic carbocycles. The van der Waals surface area contributed by atoms with E-state index < -0.39 is 0 Å². The highest BCUT2D eigenvalue weighted by molar-refractivity contribution is 7.09. The third-order valence-corrected chi connectivity index (χ3v) is 3.32. The maximum absolute atomic E-state index is 12.1. The van der Waals surface area contributed by atoms with Crippen LogP contribution in [-0.4, -0.2) is 48.6 Å². The van der Waals surface area contributed by atoms with E-state index in [1.807, 2.05) is 5.38 Å². The minimum atomic E-state index is -0.234. The second kappa shape index (κ2) is 5.38. The molecule has 0 radical (unpaired) electrons. The van der Waals surface area contributed by atoms with Crippen LogP contribution in [0, 0.1) is 0 Å². The molecule has 5 nitrogen and oxygen atoms in total. The molecule has 16 heavy (non-hydrogen) atoms. The van der Waals surface area contributed by atoms with Crippen LogP contribution in [0.3, 0.4) is 0 Å². The Hall–Kier alpha value is -0.980. The summed E-state index contributed by atoms with van der Waals surface area (Å²) >= 11 is 1.57. The zero-order valence-electron chi connectivity index (χ0n) is 9.18. The maximum atomic E-state index is 12.1. The van der Waals surface area contributed by atoms with Crippen molar-refractivity contribution in [2.75, 3.05) is 26.8 Å². The Labute approximate surface area is 98.4 Å². The van der Waals surface area contributed by atoms with Crippen LogP contribution in [0.1, 0.15) is 5.01 Å². The molecule has 0 saturated carbocycles.